The number of amides is 1. The molecule has 13 heavy (non-hydrogen) atoms. The SMILES string of the molecule is O=CNc1ccc(Br)cc1[N+](=O)[O-]. The molecule has 5 nitrogen and oxygen atoms in total. The number of nitrogens with zero attached hydrogens (tertiary/aromatic N) is 1. The number of anilines is 1. The van der Waals surface area contributed by atoms with Crippen molar-refractivity contribution >= 4 is 33.7 Å². The van der Waals surface area contributed by atoms with Gasteiger partial charge in [-0.3, -0.25) is 14.9 Å². The third kappa shape index (κ3) is 2.25. The van der Waals surface area contributed by atoms with Crippen molar-refractivity contribution < 1.29 is 9.72 Å². The normalized spacial score (nSPS) is 9.31. The number of nitro groups is 1. The van der Waals surface area contributed by atoms with Gasteiger partial charge in [0.1, 0.15) is 5.69 Å². The topological polar surface area (TPSA) is 72.2 Å². The standard InChI is InChI=1S/C7H5BrN2O3/c8-5-1-2-6(9-4-11)7(3-5)10(12)13/h1-4H,(H,9,11). The maximum atomic E-state index is 10.5. The molecule has 0 saturated heterocycles. The van der Waals surface area contributed by atoms with Gasteiger partial charge in [0.2, 0.25) is 6.41 Å². The second-order valence-electron chi connectivity index (χ2n) is 2.18. The molecular weight excluding hydrogens is 240 g/mol. The van der Waals surface area contributed by atoms with Crippen LogP contribution < -0.4 is 5.32 Å². The van der Waals surface area contributed by atoms with Gasteiger partial charge in [-0.25, -0.2) is 0 Å². The Bertz CT molecular complexity index is 354. The van der Waals surface area contributed by atoms with E-state index in [0.717, 1.165) is 0 Å². The van der Waals surface area contributed by atoms with Crippen LogP contribution in [-0.4, -0.2) is 11.3 Å². The van der Waals surface area contributed by atoms with Crippen molar-refractivity contribution in [3.8, 4) is 0 Å². The highest BCUT2D eigenvalue weighted by atomic mass is 79.9. The summed E-state index contributed by atoms with van der Waals surface area (Å²) in [5.74, 6) is 0. The predicted molar refractivity (Wildman–Crippen MR) is 50.5 cm³/mol. The molecule has 0 aliphatic carbocycles. The van der Waals surface area contributed by atoms with Crippen molar-refractivity contribution in [2.24, 2.45) is 0 Å². The van der Waals surface area contributed by atoms with Crippen molar-refractivity contribution in [2.45, 2.75) is 0 Å². The molecular formula is C7H5BrN2O3. The average Bonchev–Trinajstić information content (AvgIpc) is 2.08. The van der Waals surface area contributed by atoms with Gasteiger partial charge in [0.25, 0.3) is 5.69 Å². The molecule has 6 heteroatoms. The molecule has 1 rings (SSSR count). The summed E-state index contributed by atoms with van der Waals surface area (Å²) < 4.78 is 0.593. The minimum Gasteiger partial charge on any atom is -0.323 e. The highest BCUT2D eigenvalue weighted by Gasteiger charge is 2.12. The molecule has 0 aliphatic rings. The number of rotatable bonds is 3. The zero-order valence-electron chi connectivity index (χ0n) is 6.36. The summed E-state index contributed by atoms with van der Waals surface area (Å²) >= 11 is 3.10. The maximum Gasteiger partial charge on any atom is 0.293 e. The Hall–Kier alpha value is -1.43. The van der Waals surface area contributed by atoms with Crippen molar-refractivity contribution in [3.63, 3.8) is 0 Å². The fourth-order valence-corrected chi connectivity index (χ4v) is 1.19. The summed E-state index contributed by atoms with van der Waals surface area (Å²) in [5, 5.41) is 12.7. The minimum absolute atomic E-state index is 0.138. The summed E-state index contributed by atoms with van der Waals surface area (Å²) in [6, 6.07) is 4.39. The second-order valence-corrected chi connectivity index (χ2v) is 3.10. The lowest BCUT2D eigenvalue weighted by molar-refractivity contribution is -0.384. The number of benzene rings is 1. The van der Waals surface area contributed by atoms with Gasteiger partial charge in [0, 0.05) is 10.5 Å². The average molecular weight is 245 g/mol. The van der Waals surface area contributed by atoms with Gasteiger partial charge < -0.3 is 5.32 Å². The molecule has 0 bridgehead atoms. The Morgan fingerprint density at radius 2 is 2.23 bits per heavy atom. The van der Waals surface area contributed by atoms with E-state index >= 15 is 0 Å². The van der Waals surface area contributed by atoms with Crippen LogP contribution in [0, 0.1) is 10.1 Å². The summed E-state index contributed by atoms with van der Waals surface area (Å²) in [6.07, 6.45) is 0.399. The van der Waals surface area contributed by atoms with E-state index in [0.29, 0.717) is 10.9 Å². The molecule has 1 aromatic carbocycles. The molecule has 1 amide bonds. The van der Waals surface area contributed by atoms with Gasteiger partial charge in [-0.15, -0.1) is 0 Å². The van der Waals surface area contributed by atoms with Crippen LogP contribution in [0.4, 0.5) is 11.4 Å². The Kier molecular flexibility index (Phi) is 2.97. The lowest BCUT2D eigenvalue weighted by atomic mass is 10.3. The predicted octanol–water partition coefficient (Wildman–Crippen LogP) is 1.93. The lowest BCUT2D eigenvalue weighted by Crippen LogP contribution is -1.98. The van der Waals surface area contributed by atoms with Crippen LogP contribution in [0.5, 0.6) is 0 Å². The van der Waals surface area contributed by atoms with E-state index < -0.39 is 4.92 Å². The van der Waals surface area contributed by atoms with Crippen LogP contribution in [0.3, 0.4) is 0 Å². The maximum absolute atomic E-state index is 10.5. The van der Waals surface area contributed by atoms with Gasteiger partial charge in [0.15, 0.2) is 0 Å². The zero-order valence-corrected chi connectivity index (χ0v) is 7.95. The number of hydrogen-bond donors (Lipinski definition) is 1. The van der Waals surface area contributed by atoms with Gasteiger partial charge in [0.05, 0.1) is 4.92 Å². The first-order valence-corrected chi connectivity index (χ1v) is 4.08. The molecule has 0 heterocycles. The van der Waals surface area contributed by atoms with Gasteiger partial charge in [-0.2, -0.15) is 0 Å². The number of hydrogen-bond acceptors (Lipinski definition) is 3. The van der Waals surface area contributed by atoms with E-state index in [1.807, 2.05) is 0 Å². The van der Waals surface area contributed by atoms with Crippen molar-refractivity contribution in [3.05, 3.63) is 32.8 Å². The first kappa shape index (κ1) is 9.66. The largest absolute Gasteiger partial charge is 0.323 e. The Labute approximate surface area is 82.0 Å². The van der Waals surface area contributed by atoms with Crippen LogP contribution in [0.2, 0.25) is 0 Å². The van der Waals surface area contributed by atoms with Crippen molar-refractivity contribution in [1.29, 1.82) is 0 Å². The summed E-state index contributed by atoms with van der Waals surface area (Å²) in [5.41, 5.74) is 0.0460. The summed E-state index contributed by atoms with van der Waals surface area (Å²) in [7, 11) is 0. The van der Waals surface area contributed by atoms with E-state index in [2.05, 4.69) is 21.2 Å². The Morgan fingerprint density at radius 1 is 1.54 bits per heavy atom. The number of carbonyl (C=O) groups excluding carboxylic acids is 1. The molecule has 0 atom stereocenters. The third-order valence-electron chi connectivity index (χ3n) is 1.37. The highest BCUT2D eigenvalue weighted by molar-refractivity contribution is 9.10. The van der Waals surface area contributed by atoms with E-state index in [1.54, 1.807) is 6.07 Å². The molecule has 0 unspecified atom stereocenters. The van der Waals surface area contributed by atoms with Crippen LogP contribution in [0.15, 0.2) is 22.7 Å². The number of nitro benzene ring substituents is 1. The fraction of sp³-hybridized carbons (Fsp3) is 0. The van der Waals surface area contributed by atoms with Crippen LogP contribution in [-0.2, 0) is 4.79 Å². The van der Waals surface area contributed by atoms with E-state index in [9.17, 15) is 14.9 Å². The molecule has 0 spiro atoms. The molecule has 0 saturated carbocycles. The molecule has 1 aromatic rings. The lowest BCUT2D eigenvalue weighted by Gasteiger charge is -2.00. The van der Waals surface area contributed by atoms with E-state index in [-0.39, 0.29) is 11.4 Å². The highest BCUT2D eigenvalue weighted by Crippen LogP contribution is 2.27. The number of nitrogens with one attached hydrogen (secondary N) is 1. The quantitative estimate of drug-likeness (QED) is 0.502. The van der Waals surface area contributed by atoms with Gasteiger partial charge in [-0.05, 0) is 12.1 Å². The fourth-order valence-electron chi connectivity index (χ4n) is 0.841. The molecule has 68 valence electrons. The van der Waals surface area contributed by atoms with Crippen LogP contribution in [0.25, 0.3) is 0 Å². The van der Waals surface area contributed by atoms with Crippen LogP contribution in [0.1, 0.15) is 0 Å². The van der Waals surface area contributed by atoms with Crippen molar-refractivity contribution in [1.82, 2.24) is 0 Å². The molecule has 0 radical (unpaired) electrons. The zero-order chi connectivity index (χ0) is 9.84. The summed E-state index contributed by atoms with van der Waals surface area (Å²) in [6.45, 7) is 0. The second kappa shape index (κ2) is 3.99. The smallest absolute Gasteiger partial charge is 0.293 e. The molecule has 0 aromatic heterocycles. The minimum atomic E-state index is -0.559. The van der Waals surface area contributed by atoms with Gasteiger partial charge >= 0.3 is 0 Å². The monoisotopic (exact) mass is 244 g/mol. The van der Waals surface area contributed by atoms with Crippen molar-refractivity contribution in [2.75, 3.05) is 5.32 Å². The van der Waals surface area contributed by atoms with Crippen LogP contribution >= 0.6 is 15.9 Å². The Morgan fingerprint density at radius 3 is 2.77 bits per heavy atom. The molecule has 0 aliphatic heterocycles. The number of carbonyl (C=O) groups is 1. The summed E-state index contributed by atoms with van der Waals surface area (Å²) in [4.78, 5) is 20.0. The first-order valence-electron chi connectivity index (χ1n) is 3.29. The van der Waals surface area contributed by atoms with E-state index in [4.69, 9.17) is 0 Å². The molecule has 0 fully saturated rings. The first-order chi connectivity index (χ1) is 6.15. The third-order valence-corrected chi connectivity index (χ3v) is 1.86. The van der Waals surface area contributed by atoms with Gasteiger partial charge in [-0.1, -0.05) is 15.9 Å². The van der Waals surface area contributed by atoms with E-state index in [1.165, 1.54) is 12.1 Å². The molecule has 1 N–H and O–H groups in total. The Balaban J connectivity index is 3.17. The number of halogens is 1.